The molecule has 1 aromatic heterocycles. The number of nitrogens with one attached hydrogen (secondary N) is 1. The van der Waals surface area contributed by atoms with Gasteiger partial charge in [-0.25, -0.2) is 0 Å². The minimum Gasteiger partial charge on any atom is -0.383 e. The summed E-state index contributed by atoms with van der Waals surface area (Å²) in [5.41, 5.74) is 2.60. The maximum absolute atomic E-state index is 5.26. The summed E-state index contributed by atoms with van der Waals surface area (Å²) in [6, 6.07) is 2.58. The summed E-state index contributed by atoms with van der Waals surface area (Å²) in [6.45, 7) is 13.5. The lowest BCUT2D eigenvalue weighted by molar-refractivity contribution is 0.203. The van der Waals surface area contributed by atoms with Gasteiger partial charge in [0.2, 0.25) is 0 Å². The summed E-state index contributed by atoms with van der Waals surface area (Å²) in [5, 5.41) is 3.56. The molecule has 1 heterocycles. The smallest absolute Gasteiger partial charge is 0.0637 e. The van der Waals surface area contributed by atoms with Crippen molar-refractivity contribution < 1.29 is 4.74 Å². The van der Waals surface area contributed by atoms with Gasteiger partial charge in [0, 0.05) is 38.0 Å². The third kappa shape index (κ3) is 6.02. The Morgan fingerprint density at radius 3 is 2.67 bits per heavy atom. The number of anilines is 1. The van der Waals surface area contributed by atoms with Gasteiger partial charge in [0.25, 0.3) is 0 Å². The van der Waals surface area contributed by atoms with E-state index in [-0.39, 0.29) is 5.54 Å². The summed E-state index contributed by atoms with van der Waals surface area (Å²) < 4.78 is 5.26. The van der Waals surface area contributed by atoms with Crippen LogP contribution in [-0.2, 0) is 11.3 Å². The van der Waals surface area contributed by atoms with E-state index in [1.165, 1.54) is 11.3 Å². The van der Waals surface area contributed by atoms with Crippen molar-refractivity contribution in [3.8, 4) is 0 Å². The van der Waals surface area contributed by atoms with Gasteiger partial charge in [-0.3, -0.25) is 4.98 Å². The molecule has 1 rings (SSSR count). The quantitative estimate of drug-likeness (QED) is 0.798. The summed E-state index contributed by atoms with van der Waals surface area (Å²) in [5.74, 6) is 0. The van der Waals surface area contributed by atoms with Crippen molar-refractivity contribution in [2.45, 2.75) is 59.2 Å². The SMILES string of the molecule is CCC(C)N(CCOC)c1cnccc1CNC(C)(C)C. The topological polar surface area (TPSA) is 37.4 Å². The molecule has 0 aliphatic heterocycles. The van der Waals surface area contributed by atoms with Crippen LogP contribution in [-0.4, -0.2) is 36.8 Å². The molecule has 0 aliphatic rings. The number of hydrogen-bond donors (Lipinski definition) is 1. The predicted octanol–water partition coefficient (Wildman–Crippen LogP) is 3.22. The monoisotopic (exact) mass is 293 g/mol. The van der Waals surface area contributed by atoms with Gasteiger partial charge in [0.15, 0.2) is 0 Å². The molecule has 0 spiro atoms. The first-order chi connectivity index (χ1) is 9.89. The van der Waals surface area contributed by atoms with Gasteiger partial charge >= 0.3 is 0 Å². The number of ether oxygens (including phenoxy) is 1. The Morgan fingerprint density at radius 1 is 1.38 bits per heavy atom. The van der Waals surface area contributed by atoms with E-state index < -0.39 is 0 Å². The van der Waals surface area contributed by atoms with Crippen LogP contribution in [0, 0.1) is 0 Å². The van der Waals surface area contributed by atoms with E-state index >= 15 is 0 Å². The Bertz CT molecular complexity index is 415. The fraction of sp³-hybridized carbons (Fsp3) is 0.706. The number of nitrogens with zero attached hydrogens (tertiary/aromatic N) is 2. The lowest BCUT2D eigenvalue weighted by Gasteiger charge is -2.32. The molecule has 0 aliphatic carbocycles. The maximum Gasteiger partial charge on any atom is 0.0637 e. The van der Waals surface area contributed by atoms with Crippen molar-refractivity contribution in [2.75, 3.05) is 25.2 Å². The molecule has 0 bridgehead atoms. The first kappa shape index (κ1) is 17.9. The standard InChI is InChI=1S/C17H31N3O/c1-7-14(2)20(10-11-21-6)16-13-18-9-8-15(16)12-19-17(3,4)5/h8-9,13-14,19H,7,10-12H2,1-6H3. The van der Waals surface area contributed by atoms with Crippen LogP contribution in [0.25, 0.3) is 0 Å². The van der Waals surface area contributed by atoms with E-state index in [4.69, 9.17) is 4.74 Å². The van der Waals surface area contributed by atoms with Gasteiger partial charge in [-0.1, -0.05) is 6.92 Å². The predicted molar refractivity (Wildman–Crippen MR) is 89.8 cm³/mol. The molecule has 0 aromatic carbocycles. The maximum atomic E-state index is 5.26. The fourth-order valence-corrected chi connectivity index (χ4v) is 2.17. The minimum atomic E-state index is 0.105. The van der Waals surface area contributed by atoms with Gasteiger partial charge in [-0.05, 0) is 45.7 Å². The van der Waals surface area contributed by atoms with E-state index in [0.29, 0.717) is 6.04 Å². The average Bonchev–Trinajstić information content (AvgIpc) is 2.45. The van der Waals surface area contributed by atoms with Crippen LogP contribution < -0.4 is 10.2 Å². The van der Waals surface area contributed by atoms with Crippen LogP contribution in [0.4, 0.5) is 5.69 Å². The van der Waals surface area contributed by atoms with Crippen LogP contribution in [0.1, 0.15) is 46.6 Å². The largest absolute Gasteiger partial charge is 0.383 e. The molecule has 0 amide bonds. The zero-order chi connectivity index (χ0) is 15.9. The summed E-state index contributed by atoms with van der Waals surface area (Å²) >= 11 is 0. The normalized spacial score (nSPS) is 13.2. The Kier molecular flexibility index (Phi) is 7.12. The second-order valence-electron chi connectivity index (χ2n) is 6.55. The zero-order valence-electron chi connectivity index (χ0n) is 14.4. The van der Waals surface area contributed by atoms with E-state index in [0.717, 1.165) is 26.1 Å². The molecule has 1 aromatic rings. The van der Waals surface area contributed by atoms with E-state index in [1.807, 2.05) is 12.4 Å². The Hall–Kier alpha value is -1.13. The van der Waals surface area contributed by atoms with Gasteiger partial charge in [0.1, 0.15) is 0 Å². The molecule has 0 saturated carbocycles. The van der Waals surface area contributed by atoms with Crippen LogP contribution >= 0.6 is 0 Å². The van der Waals surface area contributed by atoms with Crippen molar-refractivity contribution in [3.05, 3.63) is 24.0 Å². The highest BCUT2D eigenvalue weighted by molar-refractivity contribution is 5.52. The fourth-order valence-electron chi connectivity index (χ4n) is 2.17. The van der Waals surface area contributed by atoms with Crippen LogP contribution in [0.2, 0.25) is 0 Å². The van der Waals surface area contributed by atoms with E-state index in [1.54, 1.807) is 7.11 Å². The number of aromatic nitrogens is 1. The lowest BCUT2D eigenvalue weighted by atomic mass is 10.1. The number of pyridine rings is 1. The van der Waals surface area contributed by atoms with Crippen molar-refractivity contribution in [3.63, 3.8) is 0 Å². The molecule has 0 radical (unpaired) electrons. The van der Waals surface area contributed by atoms with Crippen LogP contribution in [0.15, 0.2) is 18.5 Å². The molecule has 0 fully saturated rings. The molecular weight excluding hydrogens is 262 g/mol. The third-order valence-corrected chi connectivity index (χ3v) is 3.67. The van der Waals surface area contributed by atoms with Gasteiger partial charge < -0.3 is 15.0 Å². The third-order valence-electron chi connectivity index (χ3n) is 3.67. The minimum absolute atomic E-state index is 0.105. The van der Waals surface area contributed by atoms with Gasteiger partial charge in [-0.15, -0.1) is 0 Å². The lowest BCUT2D eigenvalue weighted by Crippen LogP contribution is -2.38. The summed E-state index contributed by atoms with van der Waals surface area (Å²) in [6.07, 6.45) is 4.94. The molecule has 4 nitrogen and oxygen atoms in total. The molecular formula is C17H31N3O. The van der Waals surface area contributed by atoms with Crippen molar-refractivity contribution in [2.24, 2.45) is 0 Å². The number of methoxy groups -OCH3 is 1. The van der Waals surface area contributed by atoms with Gasteiger partial charge in [-0.2, -0.15) is 0 Å². The Morgan fingerprint density at radius 2 is 2.10 bits per heavy atom. The van der Waals surface area contributed by atoms with Crippen molar-refractivity contribution >= 4 is 5.69 Å². The molecule has 1 N–H and O–H groups in total. The molecule has 0 saturated heterocycles. The molecule has 120 valence electrons. The van der Waals surface area contributed by atoms with Crippen molar-refractivity contribution in [1.82, 2.24) is 10.3 Å². The second-order valence-corrected chi connectivity index (χ2v) is 6.55. The average molecular weight is 293 g/mol. The number of hydrogen-bond acceptors (Lipinski definition) is 4. The highest BCUT2D eigenvalue weighted by atomic mass is 16.5. The first-order valence-electron chi connectivity index (χ1n) is 7.82. The number of rotatable bonds is 8. The second kappa shape index (κ2) is 8.35. The van der Waals surface area contributed by atoms with Crippen LogP contribution in [0.3, 0.4) is 0 Å². The molecule has 21 heavy (non-hydrogen) atoms. The molecule has 4 heteroatoms. The molecule has 1 atom stereocenters. The Balaban J connectivity index is 2.96. The summed E-state index contributed by atoms with van der Waals surface area (Å²) in [4.78, 5) is 6.72. The highest BCUT2D eigenvalue weighted by Crippen LogP contribution is 2.23. The molecule has 1 unspecified atom stereocenters. The van der Waals surface area contributed by atoms with Crippen LogP contribution in [0.5, 0.6) is 0 Å². The summed E-state index contributed by atoms with van der Waals surface area (Å²) in [7, 11) is 1.75. The van der Waals surface area contributed by atoms with Gasteiger partial charge in [0.05, 0.1) is 18.5 Å². The first-order valence-corrected chi connectivity index (χ1v) is 7.82. The zero-order valence-corrected chi connectivity index (χ0v) is 14.4. The van der Waals surface area contributed by atoms with E-state index in [9.17, 15) is 0 Å². The van der Waals surface area contributed by atoms with Crippen molar-refractivity contribution in [1.29, 1.82) is 0 Å². The Labute approximate surface area is 129 Å². The highest BCUT2D eigenvalue weighted by Gasteiger charge is 2.17. The van der Waals surface area contributed by atoms with E-state index in [2.05, 4.69) is 55.9 Å².